The molecule has 0 spiro atoms. The van der Waals surface area contributed by atoms with E-state index in [1.165, 1.54) is 19.2 Å². The molecule has 0 saturated heterocycles. The highest BCUT2D eigenvalue weighted by atomic mass is 19.1. The largest absolute Gasteiger partial charge is 0.495 e. The molecule has 1 unspecified atom stereocenters. The Balaban J connectivity index is 1.72. The molecule has 0 aliphatic rings. The Labute approximate surface area is 149 Å². The molecule has 26 heavy (non-hydrogen) atoms. The first-order valence-electron chi connectivity index (χ1n) is 8.01. The van der Waals surface area contributed by atoms with Crippen LogP contribution in [0.4, 0.5) is 10.1 Å². The summed E-state index contributed by atoms with van der Waals surface area (Å²) in [6, 6.07) is 10.1. The minimum Gasteiger partial charge on any atom is -0.495 e. The fourth-order valence-corrected chi connectivity index (χ4v) is 2.64. The van der Waals surface area contributed by atoms with Crippen molar-refractivity contribution in [1.82, 2.24) is 10.3 Å². The lowest BCUT2D eigenvalue weighted by molar-refractivity contribution is -0.117. The Bertz CT molecular complexity index is 968. The van der Waals surface area contributed by atoms with E-state index in [0.717, 1.165) is 17.0 Å². The molecule has 0 bridgehead atoms. The summed E-state index contributed by atoms with van der Waals surface area (Å²) in [5.41, 5.74) is 1.50. The van der Waals surface area contributed by atoms with E-state index in [9.17, 15) is 14.0 Å². The van der Waals surface area contributed by atoms with E-state index >= 15 is 0 Å². The lowest BCUT2D eigenvalue weighted by Crippen LogP contribution is -2.41. The van der Waals surface area contributed by atoms with Gasteiger partial charge in [-0.15, -0.1) is 0 Å². The first kappa shape index (κ1) is 17.5. The summed E-state index contributed by atoms with van der Waals surface area (Å²) >= 11 is 0. The first-order valence-corrected chi connectivity index (χ1v) is 8.01. The summed E-state index contributed by atoms with van der Waals surface area (Å²) in [5, 5.41) is 5.98. The van der Waals surface area contributed by atoms with Crippen molar-refractivity contribution in [2.45, 2.75) is 13.0 Å². The highest BCUT2D eigenvalue weighted by Crippen LogP contribution is 2.25. The Kier molecular flexibility index (Phi) is 4.88. The molecular weight excluding hydrogens is 337 g/mol. The number of aromatic nitrogens is 1. The van der Waals surface area contributed by atoms with Crippen molar-refractivity contribution < 1.29 is 18.7 Å². The molecule has 2 aromatic carbocycles. The molecule has 6 nitrogen and oxygen atoms in total. The smallest absolute Gasteiger partial charge is 0.252 e. The Morgan fingerprint density at radius 1 is 1.19 bits per heavy atom. The number of aromatic amines is 1. The Hall–Kier alpha value is -3.35. The third-order valence-electron chi connectivity index (χ3n) is 4.00. The van der Waals surface area contributed by atoms with E-state index in [-0.39, 0.29) is 11.6 Å². The van der Waals surface area contributed by atoms with E-state index in [0.29, 0.717) is 11.3 Å². The number of carbonyl (C=O) groups excluding carboxylic acids is 2. The topological polar surface area (TPSA) is 83.2 Å². The zero-order chi connectivity index (χ0) is 18.7. The van der Waals surface area contributed by atoms with Gasteiger partial charge >= 0.3 is 0 Å². The molecule has 134 valence electrons. The highest BCUT2D eigenvalue weighted by molar-refractivity contribution is 6.08. The highest BCUT2D eigenvalue weighted by Gasteiger charge is 2.19. The molecule has 1 aromatic heterocycles. The van der Waals surface area contributed by atoms with Crippen LogP contribution >= 0.6 is 0 Å². The summed E-state index contributed by atoms with van der Waals surface area (Å²) in [5.74, 6) is -1.03. The third-order valence-corrected chi connectivity index (χ3v) is 4.00. The second-order valence-corrected chi connectivity index (χ2v) is 5.77. The molecule has 0 saturated carbocycles. The van der Waals surface area contributed by atoms with Gasteiger partial charge in [0.1, 0.15) is 17.6 Å². The molecule has 0 aliphatic carbocycles. The number of methoxy groups -OCH3 is 1. The van der Waals surface area contributed by atoms with Gasteiger partial charge in [-0.1, -0.05) is 6.07 Å². The molecule has 7 heteroatoms. The number of hydrogen-bond donors (Lipinski definition) is 3. The van der Waals surface area contributed by atoms with Crippen molar-refractivity contribution in [3.05, 3.63) is 60.0 Å². The van der Waals surface area contributed by atoms with Crippen molar-refractivity contribution in [3.8, 4) is 5.75 Å². The molecule has 3 N–H and O–H groups in total. The van der Waals surface area contributed by atoms with E-state index < -0.39 is 17.8 Å². The number of amides is 2. The van der Waals surface area contributed by atoms with Crippen LogP contribution in [0.1, 0.15) is 17.3 Å². The van der Waals surface area contributed by atoms with Gasteiger partial charge in [0.15, 0.2) is 0 Å². The predicted molar refractivity (Wildman–Crippen MR) is 96.8 cm³/mol. The van der Waals surface area contributed by atoms with Gasteiger partial charge in [0, 0.05) is 28.7 Å². The number of carbonyl (C=O) groups is 2. The van der Waals surface area contributed by atoms with Crippen LogP contribution < -0.4 is 15.4 Å². The van der Waals surface area contributed by atoms with Gasteiger partial charge < -0.3 is 20.4 Å². The van der Waals surface area contributed by atoms with Crippen LogP contribution in [0.25, 0.3) is 10.9 Å². The van der Waals surface area contributed by atoms with E-state index in [1.807, 2.05) is 6.07 Å². The number of nitrogens with one attached hydrogen (secondary N) is 3. The molecule has 0 aliphatic heterocycles. The molecule has 3 aromatic rings. The Morgan fingerprint density at radius 3 is 2.77 bits per heavy atom. The summed E-state index contributed by atoms with van der Waals surface area (Å²) < 4.78 is 18.5. The number of rotatable bonds is 5. The predicted octanol–water partition coefficient (Wildman–Crippen LogP) is 3.07. The van der Waals surface area contributed by atoms with Crippen LogP contribution in [0.3, 0.4) is 0 Å². The van der Waals surface area contributed by atoms with Gasteiger partial charge in [0.05, 0.1) is 12.8 Å². The molecule has 0 fully saturated rings. The maximum absolute atomic E-state index is 13.4. The number of hydrogen-bond acceptors (Lipinski definition) is 3. The maximum atomic E-state index is 13.4. The summed E-state index contributed by atoms with van der Waals surface area (Å²) in [7, 11) is 1.42. The SMILES string of the molecule is COc1ccc(F)cc1NC(=O)C(C)NC(=O)c1cccc2[nH]ccc12. The average Bonchev–Trinajstić information content (AvgIpc) is 3.10. The minimum absolute atomic E-state index is 0.200. The minimum atomic E-state index is -0.829. The second-order valence-electron chi connectivity index (χ2n) is 5.77. The lowest BCUT2D eigenvalue weighted by Gasteiger charge is -2.16. The second kappa shape index (κ2) is 7.26. The van der Waals surface area contributed by atoms with Crippen molar-refractivity contribution in [1.29, 1.82) is 0 Å². The van der Waals surface area contributed by atoms with Gasteiger partial charge in [0.2, 0.25) is 5.91 Å². The first-order chi connectivity index (χ1) is 12.5. The number of fused-ring (bicyclic) bond motifs is 1. The van der Waals surface area contributed by atoms with Crippen LogP contribution in [0.5, 0.6) is 5.75 Å². The average molecular weight is 355 g/mol. The molecular formula is C19H18FN3O3. The van der Waals surface area contributed by atoms with Crippen LogP contribution in [-0.4, -0.2) is 29.9 Å². The number of halogens is 1. The number of ether oxygens (including phenoxy) is 1. The van der Waals surface area contributed by atoms with Gasteiger partial charge in [0.25, 0.3) is 5.91 Å². The van der Waals surface area contributed by atoms with Gasteiger partial charge in [-0.05, 0) is 37.3 Å². The maximum Gasteiger partial charge on any atom is 0.252 e. The summed E-state index contributed by atoms with van der Waals surface area (Å²) in [4.78, 5) is 27.9. The fourth-order valence-electron chi connectivity index (χ4n) is 2.64. The van der Waals surface area contributed by atoms with Gasteiger partial charge in [-0.3, -0.25) is 9.59 Å². The number of H-pyrrole nitrogens is 1. The van der Waals surface area contributed by atoms with Crippen molar-refractivity contribution >= 4 is 28.4 Å². The third kappa shape index (κ3) is 3.51. The van der Waals surface area contributed by atoms with Crippen molar-refractivity contribution in [3.63, 3.8) is 0 Å². The normalized spacial score (nSPS) is 11.8. The zero-order valence-corrected chi connectivity index (χ0v) is 14.3. The molecule has 1 atom stereocenters. The zero-order valence-electron chi connectivity index (χ0n) is 14.3. The number of benzene rings is 2. The summed E-state index contributed by atoms with van der Waals surface area (Å²) in [6.07, 6.45) is 1.74. The van der Waals surface area contributed by atoms with Crippen molar-refractivity contribution in [2.75, 3.05) is 12.4 Å². The lowest BCUT2D eigenvalue weighted by atomic mass is 10.1. The van der Waals surface area contributed by atoms with E-state index in [2.05, 4.69) is 15.6 Å². The van der Waals surface area contributed by atoms with E-state index in [4.69, 9.17) is 4.74 Å². The van der Waals surface area contributed by atoms with Crippen molar-refractivity contribution in [2.24, 2.45) is 0 Å². The standard InChI is InChI=1S/C19H18FN3O3/c1-11(18(24)23-16-10-12(20)6-7-17(16)26-2)22-19(25)14-4-3-5-15-13(14)8-9-21-15/h3-11,21H,1-2H3,(H,22,25)(H,23,24). The quantitative estimate of drug-likeness (QED) is 0.658. The van der Waals surface area contributed by atoms with E-state index in [1.54, 1.807) is 31.3 Å². The molecule has 2 amide bonds. The molecule has 1 heterocycles. The van der Waals surface area contributed by atoms with Crippen LogP contribution in [0.15, 0.2) is 48.7 Å². The monoisotopic (exact) mass is 355 g/mol. The fraction of sp³-hybridized carbons (Fsp3) is 0.158. The molecule has 0 radical (unpaired) electrons. The van der Waals surface area contributed by atoms with Gasteiger partial charge in [-0.25, -0.2) is 4.39 Å². The van der Waals surface area contributed by atoms with Crippen LogP contribution in [0, 0.1) is 5.82 Å². The summed E-state index contributed by atoms with van der Waals surface area (Å²) in [6.45, 7) is 1.55. The Morgan fingerprint density at radius 2 is 2.00 bits per heavy atom. The van der Waals surface area contributed by atoms with Crippen LogP contribution in [0.2, 0.25) is 0 Å². The molecule has 3 rings (SSSR count). The number of anilines is 1. The van der Waals surface area contributed by atoms with Gasteiger partial charge in [-0.2, -0.15) is 0 Å². The van der Waals surface area contributed by atoms with Crippen LogP contribution in [-0.2, 0) is 4.79 Å².